The predicted octanol–water partition coefficient (Wildman–Crippen LogP) is -3.65. The summed E-state index contributed by atoms with van der Waals surface area (Å²) in [5, 5.41) is 8.90. The molecule has 1 aromatic carbocycles. The summed E-state index contributed by atoms with van der Waals surface area (Å²) >= 11 is 0. The molecular formula is C9H12Na2O. The van der Waals surface area contributed by atoms with Crippen molar-refractivity contribution in [3.8, 4) is 5.75 Å². The number of hydrogen-bond acceptors (Lipinski definition) is 1. The zero-order valence-electron chi connectivity index (χ0n) is 9.75. The van der Waals surface area contributed by atoms with Crippen molar-refractivity contribution in [2.24, 2.45) is 0 Å². The Labute approximate surface area is 120 Å². The van der Waals surface area contributed by atoms with Gasteiger partial charge in [0, 0.05) is 0 Å². The van der Waals surface area contributed by atoms with Gasteiger partial charge in [0.15, 0.2) is 0 Å². The Balaban J connectivity index is -0.000000125. The van der Waals surface area contributed by atoms with Crippen molar-refractivity contribution in [3.05, 3.63) is 42.5 Å². The molecule has 1 aromatic rings. The maximum absolute atomic E-state index is 8.90. The summed E-state index contributed by atoms with van der Waals surface area (Å²) < 4.78 is 0. The molecule has 1 rings (SSSR count). The van der Waals surface area contributed by atoms with Gasteiger partial charge >= 0.3 is 59.1 Å². The first-order valence-corrected chi connectivity index (χ1v) is 3.22. The predicted molar refractivity (Wildman–Crippen MR) is 44.2 cm³/mol. The summed E-state index contributed by atoms with van der Waals surface area (Å²) in [5.41, 5.74) is 1.17. The summed E-state index contributed by atoms with van der Waals surface area (Å²) in [6.45, 7) is 3.62. The van der Waals surface area contributed by atoms with E-state index in [1.807, 2.05) is 18.2 Å². The van der Waals surface area contributed by atoms with Crippen LogP contribution in [0.1, 0.15) is 8.42 Å². The molecule has 0 aliphatic rings. The Morgan fingerprint density at radius 1 is 1.25 bits per heavy atom. The van der Waals surface area contributed by atoms with Crippen molar-refractivity contribution in [1.82, 2.24) is 0 Å². The second-order valence-corrected chi connectivity index (χ2v) is 2.16. The molecular weight excluding hydrogens is 170 g/mol. The second-order valence-electron chi connectivity index (χ2n) is 2.16. The largest absolute Gasteiger partial charge is 1.00 e. The Kier molecular flexibility index (Phi) is 10.6. The zero-order valence-corrected chi connectivity index (χ0v) is 11.7. The van der Waals surface area contributed by atoms with Crippen LogP contribution in [0.2, 0.25) is 0 Å². The van der Waals surface area contributed by atoms with Crippen LogP contribution in [-0.2, 0) is 6.42 Å². The first kappa shape index (κ1) is 15.2. The fourth-order valence-corrected chi connectivity index (χ4v) is 0.799. The molecule has 0 amide bonds. The maximum atomic E-state index is 8.90. The minimum absolute atomic E-state index is 0. The summed E-state index contributed by atoms with van der Waals surface area (Å²) in [6.07, 6.45) is 2.70. The Hall–Kier alpha value is 0.760. The van der Waals surface area contributed by atoms with Gasteiger partial charge in [-0.05, 0) is 24.1 Å². The molecule has 3 heteroatoms. The maximum Gasteiger partial charge on any atom is 1.00 e. The molecule has 1 nitrogen and oxygen atoms in total. The fourth-order valence-electron chi connectivity index (χ4n) is 0.799. The van der Waals surface area contributed by atoms with E-state index >= 15 is 0 Å². The van der Waals surface area contributed by atoms with Gasteiger partial charge in [-0.1, -0.05) is 18.2 Å². The van der Waals surface area contributed by atoms with E-state index in [0.29, 0.717) is 5.75 Å². The van der Waals surface area contributed by atoms with Crippen molar-refractivity contribution >= 4 is 0 Å². The first-order chi connectivity index (χ1) is 4.83. The van der Waals surface area contributed by atoms with Crippen LogP contribution < -0.4 is 59.1 Å². The quantitative estimate of drug-likeness (QED) is 0.369. The number of phenols is 1. The molecule has 56 valence electrons. The van der Waals surface area contributed by atoms with Crippen molar-refractivity contribution < 1.29 is 67.1 Å². The molecule has 0 bridgehead atoms. The van der Waals surface area contributed by atoms with Gasteiger partial charge in [0.1, 0.15) is 5.75 Å². The van der Waals surface area contributed by atoms with Crippen LogP contribution in [0.3, 0.4) is 0 Å². The van der Waals surface area contributed by atoms with Crippen LogP contribution >= 0.6 is 0 Å². The number of rotatable bonds is 2. The van der Waals surface area contributed by atoms with Gasteiger partial charge < -0.3 is 7.96 Å². The minimum atomic E-state index is 0. The van der Waals surface area contributed by atoms with Gasteiger partial charge in [-0.15, -0.1) is 6.58 Å². The molecule has 0 saturated carbocycles. The Bertz CT molecular complexity index is 227. The molecule has 0 aromatic heterocycles. The van der Waals surface area contributed by atoms with E-state index in [-0.39, 0.29) is 62.0 Å². The van der Waals surface area contributed by atoms with E-state index in [2.05, 4.69) is 6.58 Å². The third-order valence-electron chi connectivity index (χ3n) is 1.32. The van der Waals surface area contributed by atoms with Gasteiger partial charge in [-0.2, -0.15) is 0 Å². The number of aromatic hydroxyl groups is 1. The minimum Gasteiger partial charge on any atom is -1.00 e. The van der Waals surface area contributed by atoms with Crippen LogP contribution in [0, 0.1) is 0 Å². The zero-order chi connectivity index (χ0) is 7.40. The summed E-state index contributed by atoms with van der Waals surface area (Å²) in [4.78, 5) is 0. The molecule has 0 unspecified atom stereocenters. The molecule has 0 aliphatic heterocycles. The third-order valence-corrected chi connectivity index (χ3v) is 1.32. The van der Waals surface area contributed by atoms with Crippen molar-refractivity contribution in [2.45, 2.75) is 6.42 Å². The van der Waals surface area contributed by atoms with Crippen LogP contribution in [0.25, 0.3) is 0 Å². The van der Waals surface area contributed by atoms with Crippen LogP contribution in [0.4, 0.5) is 0 Å². The number of benzene rings is 1. The molecule has 0 radical (unpaired) electrons. The van der Waals surface area contributed by atoms with E-state index in [1.165, 1.54) is 5.56 Å². The third kappa shape index (κ3) is 5.41. The van der Waals surface area contributed by atoms with E-state index in [0.717, 1.165) is 6.42 Å². The van der Waals surface area contributed by atoms with Crippen LogP contribution in [0.15, 0.2) is 36.9 Å². The van der Waals surface area contributed by atoms with Crippen LogP contribution in [0.5, 0.6) is 5.75 Å². The molecule has 0 aliphatic carbocycles. The molecule has 0 heterocycles. The van der Waals surface area contributed by atoms with E-state index in [9.17, 15) is 0 Å². The molecule has 12 heavy (non-hydrogen) atoms. The molecule has 0 saturated heterocycles. The summed E-state index contributed by atoms with van der Waals surface area (Å²) in [5.74, 6) is 0.313. The van der Waals surface area contributed by atoms with Gasteiger partial charge in [0.25, 0.3) is 0 Å². The fraction of sp³-hybridized carbons (Fsp3) is 0.111. The smallest absolute Gasteiger partial charge is 1.00 e. The molecule has 0 atom stereocenters. The Morgan fingerprint density at radius 3 is 2.17 bits per heavy atom. The average Bonchev–Trinajstić information content (AvgIpc) is 1.95. The molecule has 1 N–H and O–H groups in total. The number of hydrogen-bond donors (Lipinski definition) is 1. The standard InChI is InChI=1S/C9H10O.2Na.2H/c1-2-3-8-4-6-9(10)7-5-8;;;;/h2,4-7,10H,1,3H2;;;;/q;2*+1;2*-1. The topological polar surface area (TPSA) is 20.2 Å². The van der Waals surface area contributed by atoms with Gasteiger partial charge in [0.2, 0.25) is 0 Å². The van der Waals surface area contributed by atoms with E-state index < -0.39 is 0 Å². The number of allylic oxidation sites excluding steroid dienone is 1. The van der Waals surface area contributed by atoms with Crippen molar-refractivity contribution in [1.29, 1.82) is 0 Å². The SMILES string of the molecule is C=CCc1ccc(O)cc1.[H-].[H-].[Na+].[Na+]. The first-order valence-electron chi connectivity index (χ1n) is 3.22. The number of phenolic OH excluding ortho intramolecular Hbond substituents is 1. The van der Waals surface area contributed by atoms with E-state index in [4.69, 9.17) is 5.11 Å². The van der Waals surface area contributed by atoms with Gasteiger partial charge in [-0.3, -0.25) is 0 Å². The van der Waals surface area contributed by atoms with Crippen molar-refractivity contribution in [3.63, 3.8) is 0 Å². The molecule has 0 spiro atoms. The monoisotopic (exact) mass is 182 g/mol. The summed E-state index contributed by atoms with van der Waals surface area (Å²) in [6, 6.07) is 7.13. The second kappa shape index (κ2) is 8.36. The van der Waals surface area contributed by atoms with Gasteiger partial charge in [-0.25, -0.2) is 0 Å². The van der Waals surface area contributed by atoms with Crippen LogP contribution in [-0.4, -0.2) is 5.11 Å². The average molecular weight is 182 g/mol. The van der Waals surface area contributed by atoms with E-state index in [1.54, 1.807) is 12.1 Å². The molecule has 0 fully saturated rings. The van der Waals surface area contributed by atoms with Crippen molar-refractivity contribution in [2.75, 3.05) is 0 Å². The Morgan fingerprint density at radius 2 is 1.75 bits per heavy atom. The van der Waals surface area contributed by atoms with Gasteiger partial charge in [0.05, 0.1) is 0 Å². The summed E-state index contributed by atoms with van der Waals surface area (Å²) in [7, 11) is 0. The normalized spacial score (nSPS) is 7.67.